The molecule has 0 aromatic heterocycles. The Morgan fingerprint density at radius 3 is 2.50 bits per heavy atom. The Kier molecular flexibility index (Phi) is 2.15. The topological polar surface area (TPSA) is 82.8 Å². The molecular formula is C2H8N3O+. The highest BCUT2D eigenvalue weighted by Gasteiger charge is 1.81. The van der Waals surface area contributed by atoms with E-state index in [1.807, 2.05) is 0 Å². The molecule has 4 heteroatoms. The molecule has 0 rings (SSSR count). The number of nitrogens with one attached hydrogen (secondary N) is 1. The summed E-state index contributed by atoms with van der Waals surface area (Å²) in [6, 6.07) is -0.523. The number of primary amides is 1. The minimum absolute atomic E-state index is 0.356. The Labute approximate surface area is 35.5 Å². The van der Waals surface area contributed by atoms with Crippen molar-refractivity contribution in [1.82, 2.24) is 5.32 Å². The van der Waals surface area contributed by atoms with Crippen LogP contribution in [0.15, 0.2) is 0 Å². The van der Waals surface area contributed by atoms with Crippen LogP contribution in [-0.2, 0) is 0 Å². The Morgan fingerprint density at radius 1 is 2.00 bits per heavy atom. The highest BCUT2D eigenvalue weighted by atomic mass is 16.2. The van der Waals surface area contributed by atoms with E-state index in [1.165, 1.54) is 0 Å². The monoisotopic (exact) mass is 90.1 g/mol. The lowest BCUT2D eigenvalue weighted by molar-refractivity contribution is -0.371. The number of carbonyl (C=O) groups excluding carboxylic acids is 1. The standard InChI is InChI=1S/C2H7N3O/c3-1-5-2(4)6/h1,3H2,(H3,4,5,6)/p+1. The van der Waals surface area contributed by atoms with Crippen molar-refractivity contribution in [2.24, 2.45) is 5.73 Å². The molecule has 0 heterocycles. The van der Waals surface area contributed by atoms with Gasteiger partial charge < -0.3 is 11.5 Å². The number of urea groups is 1. The predicted molar refractivity (Wildman–Crippen MR) is 20.5 cm³/mol. The average molecular weight is 90.1 g/mol. The van der Waals surface area contributed by atoms with Crippen molar-refractivity contribution in [3.8, 4) is 0 Å². The molecule has 0 saturated carbocycles. The lowest BCUT2D eigenvalue weighted by atomic mass is 11.0. The lowest BCUT2D eigenvalue weighted by Crippen LogP contribution is -2.59. The SMILES string of the molecule is NC(=O)NC[NH3+]. The van der Waals surface area contributed by atoms with Crippen LogP contribution in [0.25, 0.3) is 0 Å². The molecule has 0 spiro atoms. The van der Waals surface area contributed by atoms with Crippen LogP contribution in [0.5, 0.6) is 0 Å². The smallest absolute Gasteiger partial charge is 0.316 e. The van der Waals surface area contributed by atoms with Gasteiger partial charge in [-0.15, -0.1) is 0 Å². The Balaban J connectivity index is 2.83. The van der Waals surface area contributed by atoms with Gasteiger partial charge in [-0.25, -0.2) is 4.79 Å². The Morgan fingerprint density at radius 2 is 2.50 bits per heavy atom. The van der Waals surface area contributed by atoms with E-state index in [2.05, 4.69) is 16.8 Å². The van der Waals surface area contributed by atoms with Gasteiger partial charge in [-0.1, -0.05) is 0 Å². The molecule has 0 saturated heterocycles. The number of carbonyl (C=O) groups is 1. The van der Waals surface area contributed by atoms with Gasteiger partial charge in [0.05, 0.1) is 0 Å². The maximum atomic E-state index is 9.67. The van der Waals surface area contributed by atoms with E-state index in [1.54, 1.807) is 0 Å². The number of nitrogens with two attached hydrogens (primary N) is 1. The van der Waals surface area contributed by atoms with Crippen molar-refractivity contribution < 1.29 is 10.5 Å². The van der Waals surface area contributed by atoms with Gasteiger partial charge in [0.1, 0.15) is 0 Å². The van der Waals surface area contributed by atoms with Crippen LogP contribution in [0.2, 0.25) is 0 Å². The summed E-state index contributed by atoms with van der Waals surface area (Å²) in [7, 11) is 0. The molecule has 0 aliphatic carbocycles. The van der Waals surface area contributed by atoms with Crippen LogP contribution in [0.3, 0.4) is 0 Å². The minimum Gasteiger partial charge on any atom is -0.352 e. The van der Waals surface area contributed by atoms with Crippen LogP contribution >= 0.6 is 0 Å². The van der Waals surface area contributed by atoms with Gasteiger partial charge in [-0.2, -0.15) is 0 Å². The van der Waals surface area contributed by atoms with E-state index in [0.29, 0.717) is 6.67 Å². The van der Waals surface area contributed by atoms with Crippen molar-refractivity contribution in [2.75, 3.05) is 6.67 Å². The molecule has 0 aliphatic rings. The maximum Gasteiger partial charge on any atom is 0.316 e. The predicted octanol–water partition coefficient (Wildman–Crippen LogP) is -2.15. The second-order valence-corrected chi connectivity index (χ2v) is 0.791. The molecule has 6 heavy (non-hydrogen) atoms. The molecule has 2 amide bonds. The van der Waals surface area contributed by atoms with Gasteiger partial charge in [0, 0.05) is 0 Å². The summed E-state index contributed by atoms with van der Waals surface area (Å²) < 4.78 is 0. The summed E-state index contributed by atoms with van der Waals surface area (Å²) in [5.41, 5.74) is 7.93. The van der Waals surface area contributed by atoms with Crippen LogP contribution < -0.4 is 16.8 Å². The Bertz CT molecular complexity index is 52.8. The van der Waals surface area contributed by atoms with E-state index in [0.717, 1.165) is 0 Å². The third kappa shape index (κ3) is 3.23. The molecule has 0 bridgehead atoms. The summed E-state index contributed by atoms with van der Waals surface area (Å²) in [5, 5.41) is 2.24. The maximum absolute atomic E-state index is 9.67. The zero-order chi connectivity index (χ0) is 4.99. The third-order valence-corrected chi connectivity index (χ3v) is 0.299. The van der Waals surface area contributed by atoms with Crippen LogP contribution in [0.4, 0.5) is 4.79 Å². The number of amides is 2. The minimum atomic E-state index is -0.523. The molecular weight excluding hydrogens is 82.0 g/mol. The second-order valence-electron chi connectivity index (χ2n) is 0.791. The molecule has 0 fully saturated rings. The van der Waals surface area contributed by atoms with E-state index in [-0.39, 0.29) is 0 Å². The van der Waals surface area contributed by atoms with E-state index < -0.39 is 6.03 Å². The van der Waals surface area contributed by atoms with Gasteiger partial charge in [0.25, 0.3) is 0 Å². The van der Waals surface area contributed by atoms with Gasteiger partial charge in [0.2, 0.25) is 0 Å². The Hall–Kier alpha value is -0.770. The number of rotatable bonds is 1. The molecule has 36 valence electrons. The van der Waals surface area contributed by atoms with Gasteiger partial charge >= 0.3 is 6.03 Å². The second kappa shape index (κ2) is 2.47. The van der Waals surface area contributed by atoms with E-state index in [9.17, 15) is 4.79 Å². The molecule has 0 aromatic carbocycles. The number of quaternary nitrogens is 1. The molecule has 0 aromatic rings. The zero-order valence-corrected chi connectivity index (χ0v) is 3.40. The summed E-state index contributed by atoms with van der Waals surface area (Å²) in [5.74, 6) is 0. The first-order valence-corrected chi connectivity index (χ1v) is 1.60. The number of hydrogen-bond acceptors (Lipinski definition) is 1. The van der Waals surface area contributed by atoms with E-state index >= 15 is 0 Å². The molecule has 0 radical (unpaired) electrons. The quantitative estimate of drug-likeness (QED) is 0.315. The van der Waals surface area contributed by atoms with Gasteiger partial charge in [-0.05, 0) is 0 Å². The highest BCUT2D eigenvalue weighted by Crippen LogP contribution is 1.41. The fraction of sp³-hybridized carbons (Fsp3) is 0.500. The first-order chi connectivity index (χ1) is 2.77. The molecule has 0 atom stereocenters. The van der Waals surface area contributed by atoms with Crippen molar-refractivity contribution in [3.63, 3.8) is 0 Å². The van der Waals surface area contributed by atoms with Crippen molar-refractivity contribution in [2.45, 2.75) is 0 Å². The first kappa shape index (κ1) is 5.23. The average Bonchev–Trinajstić information content (AvgIpc) is 1.35. The molecule has 6 N–H and O–H groups in total. The number of hydrogen-bond donors (Lipinski definition) is 3. The van der Waals surface area contributed by atoms with Crippen LogP contribution in [0, 0.1) is 0 Å². The van der Waals surface area contributed by atoms with Gasteiger partial charge in [0.15, 0.2) is 6.67 Å². The van der Waals surface area contributed by atoms with Crippen LogP contribution in [-0.4, -0.2) is 12.7 Å². The van der Waals surface area contributed by atoms with Crippen LogP contribution in [0.1, 0.15) is 0 Å². The lowest BCUT2D eigenvalue weighted by Gasteiger charge is -1.86. The van der Waals surface area contributed by atoms with Crippen molar-refractivity contribution >= 4 is 6.03 Å². The highest BCUT2D eigenvalue weighted by molar-refractivity contribution is 5.71. The fourth-order valence-electron chi connectivity index (χ4n) is 0.123. The molecule has 0 unspecified atom stereocenters. The first-order valence-electron chi connectivity index (χ1n) is 1.60. The van der Waals surface area contributed by atoms with Crippen molar-refractivity contribution in [3.05, 3.63) is 0 Å². The zero-order valence-electron chi connectivity index (χ0n) is 3.40. The summed E-state index contributed by atoms with van der Waals surface area (Å²) in [6.07, 6.45) is 0. The van der Waals surface area contributed by atoms with Gasteiger partial charge in [-0.3, -0.25) is 5.32 Å². The van der Waals surface area contributed by atoms with E-state index in [4.69, 9.17) is 0 Å². The largest absolute Gasteiger partial charge is 0.352 e. The van der Waals surface area contributed by atoms with Crippen molar-refractivity contribution in [1.29, 1.82) is 0 Å². The molecule has 4 nitrogen and oxygen atoms in total. The summed E-state index contributed by atoms with van der Waals surface area (Å²) in [6.45, 7) is 0.356. The summed E-state index contributed by atoms with van der Waals surface area (Å²) >= 11 is 0. The third-order valence-electron chi connectivity index (χ3n) is 0.299. The summed E-state index contributed by atoms with van der Waals surface area (Å²) in [4.78, 5) is 9.67. The normalized spacial score (nSPS) is 7.50. The fourth-order valence-corrected chi connectivity index (χ4v) is 0.123. The molecule has 0 aliphatic heterocycles.